The van der Waals surface area contributed by atoms with Crippen LogP contribution in [0.25, 0.3) is 0 Å². The molecule has 19 heavy (non-hydrogen) atoms. The molecule has 0 heterocycles. The number of halogens is 2. The number of hydrogen-bond acceptors (Lipinski definition) is 4. The fourth-order valence-electron chi connectivity index (χ4n) is 2.50. The van der Waals surface area contributed by atoms with Crippen LogP contribution < -0.4 is 11.1 Å². The summed E-state index contributed by atoms with van der Waals surface area (Å²) >= 11 is 0. The molecule has 0 spiro atoms. The first kappa shape index (κ1) is 13.7. The molecule has 7 heteroatoms. The van der Waals surface area contributed by atoms with E-state index in [0.29, 0.717) is 6.54 Å². The minimum Gasteiger partial charge on any atom is -0.377 e. The minimum absolute atomic E-state index is 0.0875. The Kier molecular flexibility index (Phi) is 3.94. The third-order valence-corrected chi connectivity index (χ3v) is 3.53. The van der Waals surface area contributed by atoms with Crippen molar-refractivity contribution in [2.24, 2.45) is 11.7 Å². The molecule has 1 aliphatic rings. The van der Waals surface area contributed by atoms with Crippen LogP contribution in [0.4, 0.5) is 20.2 Å². The van der Waals surface area contributed by atoms with Crippen LogP contribution in [0.3, 0.4) is 0 Å². The van der Waals surface area contributed by atoms with Crippen LogP contribution >= 0.6 is 0 Å². The van der Waals surface area contributed by atoms with Crippen LogP contribution in [-0.2, 0) is 0 Å². The predicted molar refractivity (Wildman–Crippen MR) is 66.8 cm³/mol. The lowest BCUT2D eigenvalue weighted by Crippen LogP contribution is -2.30. The summed E-state index contributed by atoms with van der Waals surface area (Å²) in [5, 5.41) is 13.3. The molecule has 2 rings (SSSR count). The Morgan fingerprint density at radius 2 is 2.00 bits per heavy atom. The smallest absolute Gasteiger partial charge is 0.275 e. The number of benzene rings is 1. The monoisotopic (exact) mass is 271 g/mol. The second-order valence-corrected chi connectivity index (χ2v) is 4.72. The molecule has 1 saturated carbocycles. The van der Waals surface area contributed by atoms with Crippen LogP contribution in [0.1, 0.15) is 19.3 Å². The van der Waals surface area contributed by atoms with Gasteiger partial charge >= 0.3 is 0 Å². The third kappa shape index (κ3) is 2.81. The third-order valence-electron chi connectivity index (χ3n) is 3.53. The number of nitrogens with two attached hydrogens (primary N) is 1. The van der Waals surface area contributed by atoms with Gasteiger partial charge in [-0.15, -0.1) is 0 Å². The van der Waals surface area contributed by atoms with E-state index >= 15 is 0 Å². The van der Waals surface area contributed by atoms with Gasteiger partial charge in [-0.3, -0.25) is 10.1 Å². The van der Waals surface area contributed by atoms with Gasteiger partial charge in [0.2, 0.25) is 0 Å². The summed E-state index contributed by atoms with van der Waals surface area (Å²) in [6, 6.07) is 1.35. The highest BCUT2D eigenvalue weighted by atomic mass is 19.1. The predicted octanol–water partition coefficient (Wildman–Crippen LogP) is 2.41. The number of nitrogens with zero attached hydrogens (tertiary/aromatic N) is 1. The number of nitrogens with one attached hydrogen (secondary N) is 1. The van der Waals surface area contributed by atoms with Crippen LogP contribution in [0.5, 0.6) is 0 Å². The van der Waals surface area contributed by atoms with Crippen molar-refractivity contribution in [2.45, 2.75) is 25.3 Å². The van der Waals surface area contributed by atoms with E-state index in [9.17, 15) is 18.9 Å². The van der Waals surface area contributed by atoms with Gasteiger partial charge < -0.3 is 11.1 Å². The van der Waals surface area contributed by atoms with Gasteiger partial charge in [-0.25, -0.2) is 8.78 Å². The van der Waals surface area contributed by atoms with E-state index in [1.165, 1.54) is 0 Å². The Labute approximate surface area is 108 Å². The Hall–Kier alpha value is -1.76. The van der Waals surface area contributed by atoms with Crippen molar-refractivity contribution in [3.8, 4) is 0 Å². The highest BCUT2D eigenvalue weighted by molar-refractivity contribution is 5.52. The van der Waals surface area contributed by atoms with E-state index in [1.807, 2.05) is 0 Å². The first-order chi connectivity index (χ1) is 9.02. The molecule has 5 nitrogen and oxygen atoms in total. The summed E-state index contributed by atoms with van der Waals surface area (Å²) in [5.41, 5.74) is 4.70. The summed E-state index contributed by atoms with van der Waals surface area (Å²) in [6.07, 6.45) is 2.66. The molecule has 1 aliphatic carbocycles. The molecule has 0 amide bonds. The van der Waals surface area contributed by atoms with Gasteiger partial charge in [-0.1, -0.05) is 6.42 Å². The van der Waals surface area contributed by atoms with Crippen molar-refractivity contribution in [2.75, 3.05) is 11.9 Å². The Morgan fingerprint density at radius 1 is 1.37 bits per heavy atom. The molecule has 0 bridgehead atoms. The summed E-state index contributed by atoms with van der Waals surface area (Å²) in [5.74, 6) is -1.72. The highest BCUT2D eigenvalue weighted by Crippen LogP contribution is 2.31. The number of rotatable bonds is 4. The summed E-state index contributed by atoms with van der Waals surface area (Å²) in [6.45, 7) is 0.452. The Morgan fingerprint density at radius 3 is 2.53 bits per heavy atom. The molecule has 0 aromatic heterocycles. The molecular weight excluding hydrogens is 256 g/mol. The van der Waals surface area contributed by atoms with E-state index in [4.69, 9.17) is 5.73 Å². The maximum absolute atomic E-state index is 13.7. The van der Waals surface area contributed by atoms with Gasteiger partial charge in [0.25, 0.3) is 5.69 Å². The van der Waals surface area contributed by atoms with E-state index in [2.05, 4.69) is 5.32 Å². The van der Waals surface area contributed by atoms with E-state index in [1.54, 1.807) is 0 Å². The molecule has 2 unspecified atom stereocenters. The molecule has 2 atom stereocenters. The van der Waals surface area contributed by atoms with Crippen molar-refractivity contribution < 1.29 is 13.7 Å². The lowest BCUT2D eigenvalue weighted by atomic mass is 10.0. The van der Waals surface area contributed by atoms with E-state index in [-0.39, 0.29) is 17.6 Å². The van der Waals surface area contributed by atoms with E-state index in [0.717, 1.165) is 31.4 Å². The first-order valence-electron chi connectivity index (χ1n) is 6.13. The zero-order valence-corrected chi connectivity index (χ0v) is 10.2. The van der Waals surface area contributed by atoms with Crippen LogP contribution in [0.2, 0.25) is 0 Å². The lowest BCUT2D eigenvalue weighted by molar-refractivity contribution is -0.385. The molecule has 104 valence electrons. The summed E-state index contributed by atoms with van der Waals surface area (Å²) in [4.78, 5) is 9.67. The number of hydrogen-bond donors (Lipinski definition) is 2. The zero-order valence-electron chi connectivity index (χ0n) is 10.2. The topological polar surface area (TPSA) is 81.2 Å². The molecule has 0 saturated heterocycles. The quantitative estimate of drug-likeness (QED) is 0.651. The molecule has 0 aliphatic heterocycles. The molecule has 1 aromatic rings. The first-order valence-corrected chi connectivity index (χ1v) is 6.13. The second kappa shape index (κ2) is 5.48. The minimum atomic E-state index is -0.950. The maximum atomic E-state index is 13.7. The summed E-state index contributed by atoms with van der Waals surface area (Å²) in [7, 11) is 0. The Bertz CT molecular complexity index is 473. The van der Waals surface area contributed by atoms with Crippen molar-refractivity contribution in [1.82, 2.24) is 0 Å². The normalized spacial score (nSPS) is 22.5. The second-order valence-electron chi connectivity index (χ2n) is 4.72. The van der Waals surface area contributed by atoms with Gasteiger partial charge in [0, 0.05) is 6.04 Å². The van der Waals surface area contributed by atoms with Gasteiger partial charge in [0.1, 0.15) is 5.69 Å². The van der Waals surface area contributed by atoms with Crippen LogP contribution in [0.15, 0.2) is 12.1 Å². The standard InChI is InChI=1S/C12H15F2N3O2/c13-9-4-8(17(18)19)5-10(14)12(9)16-11-3-1-2-7(11)6-15/h4-5,7,11,16H,1-3,6,15H2. The number of non-ortho nitro benzene ring substituents is 1. The van der Waals surface area contributed by atoms with Gasteiger partial charge in [0.05, 0.1) is 17.1 Å². The fourth-order valence-corrected chi connectivity index (χ4v) is 2.50. The Balaban J connectivity index is 2.23. The summed E-state index contributed by atoms with van der Waals surface area (Å²) < 4.78 is 27.4. The average molecular weight is 271 g/mol. The highest BCUT2D eigenvalue weighted by Gasteiger charge is 2.28. The average Bonchev–Trinajstić information content (AvgIpc) is 2.80. The van der Waals surface area contributed by atoms with E-state index < -0.39 is 22.2 Å². The lowest BCUT2D eigenvalue weighted by Gasteiger charge is -2.21. The largest absolute Gasteiger partial charge is 0.377 e. The number of anilines is 1. The van der Waals surface area contributed by atoms with Crippen molar-refractivity contribution in [3.63, 3.8) is 0 Å². The molecule has 1 aromatic carbocycles. The number of nitro benzene ring substituents is 1. The molecule has 3 N–H and O–H groups in total. The SMILES string of the molecule is NCC1CCCC1Nc1c(F)cc([N+](=O)[O-])cc1F. The van der Waals surface area contributed by atoms with Gasteiger partial charge in [0.15, 0.2) is 11.6 Å². The van der Waals surface area contributed by atoms with Crippen molar-refractivity contribution in [1.29, 1.82) is 0 Å². The fraction of sp³-hybridized carbons (Fsp3) is 0.500. The number of nitro groups is 1. The molecular formula is C12H15F2N3O2. The van der Waals surface area contributed by atoms with Crippen LogP contribution in [-0.4, -0.2) is 17.5 Å². The maximum Gasteiger partial charge on any atom is 0.275 e. The van der Waals surface area contributed by atoms with Crippen LogP contribution in [0, 0.1) is 27.7 Å². The zero-order chi connectivity index (χ0) is 14.0. The molecule has 0 radical (unpaired) electrons. The van der Waals surface area contributed by atoms with Gasteiger partial charge in [-0.2, -0.15) is 0 Å². The van der Waals surface area contributed by atoms with Gasteiger partial charge in [-0.05, 0) is 25.3 Å². The van der Waals surface area contributed by atoms with Crippen molar-refractivity contribution >= 4 is 11.4 Å². The molecule has 1 fully saturated rings. The van der Waals surface area contributed by atoms with Crippen molar-refractivity contribution in [3.05, 3.63) is 33.9 Å².